The third kappa shape index (κ3) is 2.93. The molecule has 0 aliphatic carbocycles. The second-order valence-electron chi connectivity index (χ2n) is 4.27. The number of nitrogens with one attached hydrogen (secondary N) is 2. The highest BCUT2D eigenvalue weighted by atomic mass is 16.5. The lowest BCUT2D eigenvalue weighted by molar-refractivity contribution is -0.128. The molecular formula is C11H22N2O3. The van der Waals surface area contributed by atoms with E-state index in [1.165, 1.54) is 0 Å². The molecular weight excluding hydrogens is 208 g/mol. The number of hydrogen-bond donors (Lipinski definition) is 3. The first-order valence-corrected chi connectivity index (χ1v) is 5.84. The zero-order valence-electron chi connectivity index (χ0n) is 10.1. The highest BCUT2D eigenvalue weighted by Gasteiger charge is 2.39. The minimum absolute atomic E-state index is 0.0244. The molecule has 1 heterocycles. The Kier molecular flexibility index (Phi) is 5.18. The van der Waals surface area contributed by atoms with Crippen LogP contribution >= 0.6 is 0 Å². The van der Waals surface area contributed by atoms with E-state index in [1.807, 2.05) is 6.92 Å². The van der Waals surface area contributed by atoms with Crippen LogP contribution in [0.2, 0.25) is 0 Å². The van der Waals surface area contributed by atoms with Gasteiger partial charge in [0.05, 0.1) is 24.8 Å². The highest BCUT2D eigenvalue weighted by molar-refractivity contribution is 5.86. The molecule has 3 N–H and O–H groups in total. The minimum Gasteiger partial charge on any atom is -0.394 e. The smallest absolute Gasteiger partial charge is 0.240 e. The Morgan fingerprint density at radius 2 is 2.44 bits per heavy atom. The number of methoxy groups -OCH3 is 1. The molecule has 2 unspecified atom stereocenters. The molecule has 0 spiro atoms. The van der Waals surface area contributed by atoms with Crippen molar-refractivity contribution in [2.24, 2.45) is 0 Å². The van der Waals surface area contributed by atoms with Crippen molar-refractivity contribution in [1.82, 2.24) is 10.6 Å². The summed E-state index contributed by atoms with van der Waals surface area (Å²) in [5.41, 5.74) is -0.443. The van der Waals surface area contributed by atoms with Gasteiger partial charge in [-0.3, -0.25) is 4.79 Å². The summed E-state index contributed by atoms with van der Waals surface area (Å²) in [7, 11) is 1.55. The molecule has 0 aromatic rings. The molecule has 1 saturated heterocycles. The summed E-state index contributed by atoms with van der Waals surface area (Å²) in [5.74, 6) is -0.0244. The van der Waals surface area contributed by atoms with Crippen LogP contribution in [-0.2, 0) is 9.53 Å². The Hall–Kier alpha value is -0.650. The van der Waals surface area contributed by atoms with Crippen LogP contribution < -0.4 is 10.6 Å². The van der Waals surface area contributed by atoms with E-state index in [2.05, 4.69) is 10.6 Å². The lowest BCUT2D eigenvalue weighted by Gasteiger charge is -2.29. The fourth-order valence-electron chi connectivity index (χ4n) is 2.13. The summed E-state index contributed by atoms with van der Waals surface area (Å²) in [4.78, 5) is 12.1. The van der Waals surface area contributed by atoms with Crippen LogP contribution in [0.5, 0.6) is 0 Å². The van der Waals surface area contributed by atoms with E-state index in [-0.39, 0.29) is 18.6 Å². The first-order valence-electron chi connectivity index (χ1n) is 5.84. The minimum atomic E-state index is -0.443. The van der Waals surface area contributed by atoms with Crippen LogP contribution in [0.25, 0.3) is 0 Å². The number of carbonyl (C=O) groups is 1. The quantitative estimate of drug-likeness (QED) is 0.583. The molecule has 1 aliphatic rings. The number of aliphatic hydroxyl groups excluding tert-OH is 1. The SMILES string of the molecule is CCC1(C(=O)NC(CO)COC)CCCN1. The van der Waals surface area contributed by atoms with Gasteiger partial charge in [0.1, 0.15) is 0 Å². The van der Waals surface area contributed by atoms with Crippen LogP contribution in [-0.4, -0.2) is 49.5 Å². The van der Waals surface area contributed by atoms with Gasteiger partial charge in [0.2, 0.25) is 5.91 Å². The van der Waals surface area contributed by atoms with E-state index in [1.54, 1.807) is 7.11 Å². The average Bonchev–Trinajstić information content (AvgIpc) is 2.78. The largest absolute Gasteiger partial charge is 0.394 e. The van der Waals surface area contributed by atoms with Gasteiger partial charge in [-0.15, -0.1) is 0 Å². The summed E-state index contributed by atoms with van der Waals surface area (Å²) >= 11 is 0. The maximum absolute atomic E-state index is 12.1. The zero-order valence-corrected chi connectivity index (χ0v) is 10.1. The van der Waals surface area contributed by atoms with Gasteiger partial charge in [0.25, 0.3) is 0 Å². The Morgan fingerprint density at radius 1 is 1.69 bits per heavy atom. The topological polar surface area (TPSA) is 70.6 Å². The molecule has 1 rings (SSSR count). The fourth-order valence-corrected chi connectivity index (χ4v) is 2.13. The Bertz CT molecular complexity index is 227. The predicted molar refractivity (Wildman–Crippen MR) is 61.2 cm³/mol. The summed E-state index contributed by atoms with van der Waals surface area (Å²) in [6.07, 6.45) is 2.65. The van der Waals surface area contributed by atoms with Crippen molar-refractivity contribution < 1.29 is 14.6 Å². The monoisotopic (exact) mass is 230 g/mol. The average molecular weight is 230 g/mol. The third-order valence-electron chi connectivity index (χ3n) is 3.21. The molecule has 16 heavy (non-hydrogen) atoms. The van der Waals surface area contributed by atoms with E-state index in [9.17, 15) is 4.79 Å². The highest BCUT2D eigenvalue weighted by Crippen LogP contribution is 2.23. The lowest BCUT2D eigenvalue weighted by Crippen LogP contribution is -2.56. The van der Waals surface area contributed by atoms with Crippen molar-refractivity contribution >= 4 is 5.91 Å². The van der Waals surface area contributed by atoms with E-state index >= 15 is 0 Å². The van der Waals surface area contributed by atoms with E-state index in [4.69, 9.17) is 9.84 Å². The first-order chi connectivity index (χ1) is 7.68. The van der Waals surface area contributed by atoms with Crippen LogP contribution in [0.4, 0.5) is 0 Å². The maximum Gasteiger partial charge on any atom is 0.240 e. The maximum atomic E-state index is 12.1. The van der Waals surface area contributed by atoms with Gasteiger partial charge in [-0.1, -0.05) is 6.92 Å². The molecule has 1 fully saturated rings. The summed E-state index contributed by atoms with van der Waals surface area (Å²) in [6, 6.07) is -0.316. The molecule has 94 valence electrons. The summed E-state index contributed by atoms with van der Waals surface area (Å²) < 4.78 is 4.93. The van der Waals surface area contributed by atoms with Crippen LogP contribution in [0, 0.1) is 0 Å². The second-order valence-corrected chi connectivity index (χ2v) is 4.27. The normalized spacial score (nSPS) is 26.7. The number of hydrogen-bond acceptors (Lipinski definition) is 4. The third-order valence-corrected chi connectivity index (χ3v) is 3.21. The van der Waals surface area contributed by atoms with Gasteiger partial charge in [-0.25, -0.2) is 0 Å². The van der Waals surface area contributed by atoms with Gasteiger partial charge in [0.15, 0.2) is 0 Å². The fraction of sp³-hybridized carbons (Fsp3) is 0.909. The second kappa shape index (κ2) is 6.18. The van der Waals surface area contributed by atoms with Crippen molar-refractivity contribution in [3.63, 3.8) is 0 Å². The van der Waals surface area contributed by atoms with Crippen LogP contribution in [0.3, 0.4) is 0 Å². The van der Waals surface area contributed by atoms with Crippen molar-refractivity contribution in [1.29, 1.82) is 0 Å². The number of rotatable bonds is 6. The van der Waals surface area contributed by atoms with Crippen molar-refractivity contribution in [2.75, 3.05) is 26.9 Å². The molecule has 0 bridgehead atoms. The molecule has 0 aromatic carbocycles. The van der Waals surface area contributed by atoms with Gasteiger partial charge >= 0.3 is 0 Å². The van der Waals surface area contributed by atoms with Gasteiger partial charge in [-0.05, 0) is 25.8 Å². The molecule has 5 heteroatoms. The molecule has 0 saturated carbocycles. The Balaban J connectivity index is 2.54. The molecule has 5 nitrogen and oxygen atoms in total. The predicted octanol–water partition coefficient (Wildman–Crippen LogP) is -0.358. The van der Waals surface area contributed by atoms with Crippen molar-refractivity contribution in [3.05, 3.63) is 0 Å². The van der Waals surface area contributed by atoms with Gasteiger partial charge < -0.3 is 20.5 Å². The number of amides is 1. The molecule has 1 aliphatic heterocycles. The van der Waals surface area contributed by atoms with Crippen molar-refractivity contribution in [2.45, 2.75) is 37.8 Å². The van der Waals surface area contributed by atoms with Gasteiger partial charge in [0, 0.05) is 7.11 Å². The molecule has 1 amide bonds. The number of ether oxygens (including phenoxy) is 1. The van der Waals surface area contributed by atoms with Crippen LogP contribution in [0.15, 0.2) is 0 Å². The molecule has 0 radical (unpaired) electrons. The van der Waals surface area contributed by atoms with Crippen molar-refractivity contribution in [3.8, 4) is 0 Å². The lowest BCUT2D eigenvalue weighted by atomic mass is 9.93. The van der Waals surface area contributed by atoms with Crippen LogP contribution in [0.1, 0.15) is 26.2 Å². The van der Waals surface area contributed by atoms with Gasteiger partial charge in [-0.2, -0.15) is 0 Å². The number of carbonyl (C=O) groups excluding carboxylic acids is 1. The summed E-state index contributed by atoms with van der Waals surface area (Å²) in [6.45, 7) is 3.12. The number of aliphatic hydroxyl groups is 1. The Labute approximate surface area is 96.6 Å². The summed E-state index contributed by atoms with van der Waals surface area (Å²) in [5, 5.41) is 15.2. The molecule has 2 atom stereocenters. The first kappa shape index (κ1) is 13.4. The van der Waals surface area contributed by atoms with E-state index in [0.717, 1.165) is 25.8 Å². The zero-order chi connectivity index (χ0) is 12.0. The van der Waals surface area contributed by atoms with E-state index < -0.39 is 5.54 Å². The Morgan fingerprint density at radius 3 is 2.88 bits per heavy atom. The standard InChI is InChI=1S/C11H22N2O3/c1-3-11(5-4-6-12-11)10(15)13-9(7-14)8-16-2/h9,12,14H,3-8H2,1-2H3,(H,13,15). The van der Waals surface area contributed by atoms with E-state index in [0.29, 0.717) is 6.61 Å². The molecule has 0 aromatic heterocycles.